The van der Waals surface area contributed by atoms with Gasteiger partial charge in [0.2, 0.25) is 5.95 Å². The molecule has 0 aliphatic rings. The van der Waals surface area contributed by atoms with Crippen molar-refractivity contribution < 1.29 is 4.79 Å². The summed E-state index contributed by atoms with van der Waals surface area (Å²) in [7, 11) is 0. The second-order valence-corrected chi connectivity index (χ2v) is 8.78. The van der Waals surface area contributed by atoms with Crippen LogP contribution in [0.3, 0.4) is 0 Å². The van der Waals surface area contributed by atoms with Gasteiger partial charge in [0.1, 0.15) is 0 Å². The molecule has 5 aromatic rings. The molecule has 35 heavy (non-hydrogen) atoms. The van der Waals surface area contributed by atoms with Crippen molar-refractivity contribution >= 4 is 45.7 Å². The standard InChI is InChI=1S/C29H23ClN4O/c1-18-7-6-8-19(2)26(18)33-28(35)21-11-14-23(15-12-21)31-29-32-25-16-13-22(30)17-24(25)27(34-29)20-9-4-3-5-10-20/h3-17H,1-2H3,(H,33,35)(H,31,32,34). The van der Waals surface area contributed by atoms with E-state index in [4.69, 9.17) is 16.6 Å². The molecule has 5 rings (SSSR count). The molecule has 0 bridgehead atoms. The maximum Gasteiger partial charge on any atom is 0.255 e. The van der Waals surface area contributed by atoms with Crippen LogP contribution in [0.5, 0.6) is 0 Å². The normalized spacial score (nSPS) is 10.8. The van der Waals surface area contributed by atoms with Crippen LogP contribution in [0.2, 0.25) is 5.02 Å². The molecule has 0 fully saturated rings. The number of amides is 1. The van der Waals surface area contributed by atoms with Crippen molar-refractivity contribution in [2.24, 2.45) is 0 Å². The molecule has 0 atom stereocenters. The minimum Gasteiger partial charge on any atom is -0.324 e. The highest BCUT2D eigenvalue weighted by Crippen LogP contribution is 2.30. The zero-order chi connectivity index (χ0) is 24.4. The number of halogens is 1. The average molecular weight is 479 g/mol. The number of carbonyl (C=O) groups excluding carboxylic acids is 1. The molecule has 0 unspecified atom stereocenters. The molecule has 4 aromatic carbocycles. The van der Waals surface area contributed by atoms with Crippen molar-refractivity contribution in [1.82, 2.24) is 9.97 Å². The molecule has 0 aliphatic heterocycles. The van der Waals surface area contributed by atoms with Crippen molar-refractivity contribution in [1.29, 1.82) is 0 Å². The third-order valence-electron chi connectivity index (χ3n) is 5.83. The Balaban J connectivity index is 1.41. The summed E-state index contributed by atoms with van der Waals surface area (Å²) in [6.45, 7) is 3.97. The smallest absolute Gasteiger partial charge is 0.255 e. The second kappa shape index (κ2) is 9.57. The number of nitrogens with one attached hydrogen (secondary N) is 2. The molecule has 1 aromatic heterocycles. The van der Waals surface area contributed by atoms with E-state index in [9.17, 15) is 4.79 Å². The van der Waals surface area contributed by atoms with E-state index in [0.29, 0.717) is 16.5 Å². The van der Waals surface area contributed by atoms with Gasteiger partial charge in [0.05, 0.1) is 11.2 Å². The van der Waals surface area contributed by atoms with Gasteiger partial charge in [-0.3, -0.25) is 4.79 Å². The van der Waals surface area contributed by atoms with Gasteiger partial charge in [-0.2, -0.15) is 0 Å². The summed E-state index contributed by atoms with van der Waals surface area (Å²) in [5.41, 5.74) is 6.81. The van der Waals surface area contributed by atoms with E-state index < -0.39 is 0 Å². The van der Waals surface area contributed by atoms with E-state index in [1.54, 1.807) is 12.1 Å². The SMILES string of the molecule is Cc1cccc(C)c1NC(=O)c1ccc(Nc2nc(-c3ccccc3)c3cc(Cl)ccc3n2)cc1. The molecule has 1 heterocycles. The summed E-state index contributed by atoms with van der Waals surface area (Å²) < 4.78 is 0. The van der Waals surface area contributed by atoms with Crippen molar-refractivity contribution in [2.75, 3.05) is 10.6 Å². The minimum absolute atomic E-state index is 0.154. The lowest BCUT2D eigenvalue weighted by Gasteiger charge is -2.13. The molecule has 2 N–H and O–H groups in total. The molecule has 0 saturated carbocycles. The van der Waals surface area contributed by atoms with Crippen molar-refractivity contribution in [3.63, 3.8) is 0 Å². The molecule has 0 radical (unpaired) electrons. The van der Waals surface area contributed by atoms with Crippen molar-refractivity contribution in [2.45, 2.75) is 13.8 Å². The second-order valence-electron chi connectivity index (χ2n) is 8.35. The van der Waals surface area contributed by atoms with E-state index in [0.717, 1.165) is 44.7 Å². The minimum atomic E-state index is -0.154. The number of fused-ring (bicyclic) bond motifs is 1. The molecule has 1 amide bonds. The summed E-state index contributed by atoms with van der Waals surface area (Å²) in [4.78, 5) is 22.2. The van der Waals surface area contributed by atoms with Crippen LogP contribution in [-0.4, -0.2) is 15.9 Å². The van der Waals surface area contributed by atoms with Gasteiger partial charge in [-0.1, -0.05) is 60.1 Å². The molecule has 0 spiro atoms. The highest BCUT2D eigenvalue weighted by atomic mass is 35.5. The summed E-state index contributed by atoms with van der Waals surface area (Å²) in [6.07, 6.45) is 0. The van der Waals surface area contributed by atoms with Gasteiger partial charge in [0.15, 0.2) is 0 Å². The third kappa shape index (κ3) is 4.86. The Morgan fingerprint density at radius 3 is 2.23 bits per heavy atom. The van der Waals surface area contributed by atoms with Gasteiger partial charge in [0, 0.05) is 32.9 Å². The zero-order valence-corrected chi connectivity index (χ0v) is 20.1. The fraction of sp³-hybridized carbons (Fsp3) is 0.0690. The number of hydrogen-bond donors (Lipinski definition) is 2. The van der Waals surface area contributed by atoms with Crippen LogP contribution in [0.25, 0.3) is 22.2 Å². The predicted octanol–water partition coefficient (Wildman–Crippen LogP) is 7.56. The van der Waals surface area contributed by atoms with Crippen LogP contribution in [0.1, 0.15) is 21.5 Å². The maximum atomic E-state index is 12.8. The van der Waals surface area contributed by atoms with Gasteiger partial charge < -0.3 is 10.6 Å². The molecule has 0 saturated heterocycles. The third-order valence-corrected chi connectivity index (χ3v) is 6.06. The Hall–Kier alpha value is -4.22. The highest BCUT2D eigenvalue weighted by Gasteiger charge is 2.12. The molecule has 6 heteroatoms. The largest absolute Gasteiger partial charge is 0.324 e. The molecule has 5 nitrogen and oxygen atoms in total. The fourth-order valence-corrected chi connectivity index (χ4v) is 4.18. The van der Waals surface area contributed by atoms with Gasteiger partial charge in [-0.15, -0.1) is 0 Å². The van der Waals surface area contributed by atoms with E-state index in [2.05, 4.69) is 15.6 Å². The van der Waals surface area contributed by atoms with Crippen LogP contribution >= 0.6 is 11.6 Å². The lowest BCUT2D eigenvalue weighted by Crippen LogP contribution is -2.13. The Kier molecular flexibility index (Phi) is 6.17. The van der Waals surface area contributed by atoms with E-state index in [1.165, 1.54) is 0 Å². The first-order valence-corrected chi connectivity index (χ1v) is 11.6. The number of rotatable bonds is 5. The first-order chi connectivity index (χ1) is 17.0. The van der Waals surface area contributed by atoms with Gasteiger partial charge in [-0.25, -0.2) is 9.97 Å². The molecular formula is C29H23ClN4O. The zero-order valence-electron chi connectivity index (χ0n) is 19.3. The van der Waals surface area contributed by atoms with Gasteiger partial charge in [0.25, 0.3) is 5.91 Å². The number of para-hydroxylation sites is 1. The highest BCUT2D eigenvalue weighted by molar-refractivity contribution is 6.31. The van der Waals surface area contributed by atoms with Crippen LogP contribution in [0.15, 0.2) is 91.0 Å². The summed E-state index contributed by atoms with van der Waals surface area (Å²) in [5, 5.41) is 7.80. The first kappa shape index (κ1) is 22.6. The van der Waals surface area contributed by atoms with E-state index >= 15 is 0 Å². The lowest BCUT2D eigenvalue weighted by molar-refractivity contribution is 0.102. The summed E-state index contributed by atoms with van der Waals surface area (Å²) >= 11 is 6.25. The van der Waals surface area contributed by atoms with Crippen molar-refractivity contribution in [3.05, 3.63) is 113 Å². The van der Waals surface area contributed by atoms with E-state index in [1.807, 2.05) is 92.7 Å². The number of carbonyl (C=O) groups is 1. The fourth-order valence-electron chi connectivity index (χ4n) is 4.00. The van der Waals surface area contributed by atoms with Crippen LogP contribution in [-0.2, 0) is 0 Å². The van der Waals surface area contributed by atoms with Crippen LogP contribution in [0, 0.1) is 13.8 Å². The maximum absolute atomic E-state index is 12.8. The molecular weight excluding hydrogens is 456 g/mol. The topological polar surface area (TPSA) is 66.9 Å². The van der Waals surface area contributed by atoms with Crippen LogP contribution in [0.4, 0.5) is 17.3 Å². The summed E-state index contributed by atoms with van der Waals surface area (Å²) in [6, 6.07) is 28.7. The number of hydrogen-bond acceptors (Lipinski definition) is 4. The Morgan fingerprint density at radius 2 is 1.51 bits per heavy atom. The Labute approximate surface area is 208 Å². The Bertz CT molecular complexity index is 1510. The average Bonchev–Trinajstić information content (AvgIpc) is 2.87. The van der Waals surface area contributed by atoms with Gasteiger partial charge >= 0.3 is 0 Å². The lowest BCUT2D eigenvalue weighted by atomic mass is 10.1. The summed E-state index contributed by atoms with van der Waals surface area (Å²) in [5.74, 6) is 0.311. The van der Waals surface area contributed by atoms with E-state index in [-0.39, 0.29) is 5.91 Å². The number of aromatic nitrogens is 2. The molecule has 0 aliphatic carbocycles. The monoisotopic (exact) mass is 478 g/mol. The van der Waals surface area contributed by atoms with Gasteiger partial charge in [-0.05, 0) is 67.4 Å². The number of nitrogens with zero attached hydrogens (tertiary/aromatic N) is 2. The predicted molar refractivity (Wildman–Crippen MR) is 144 cm³/mol. The number of aryl methyl sites for hydroxylation is 2. The quantitative estimate of drug-likeness (QED) is 0.273. The van der Waals surface area contributed by atoms with Crippen LogP contribution < -0.4 is 10.6 Å². The first-order valence-electron chi connectivity index (χ1n) is 11.3. The van der Waals surface area contributed by atoms with Crippen molar-refractivity contribution in [3.8, 4) is 11.3 Å². The number of benzene rings is 4. The number of anilines is 3. The Morgan fingerprint density at radius 1 is 0.800 bits per heavy atom. The molecule has 172 valence electrons.